The Kier molecular flexibility index (Phi) is 7.13. The van der Waals surface area contributed by atoms with E-state index in [0.29, 0.717) is 5.02 Å². The van der Waals surface area contributed by atoms with Crippen molar-refractivity contribution < 1.29 is 0 Å². The number of imidazole rings is 2. The van der Waals surface area contributed by atoms with Crippen molar-refractivity contribution in [2.75, 3.05) is 0 Å². The van der Waals surface area contributed by atoms with Crippen LogP contribution < -0.4 is 0 Å². The van der Waals surface area contributed by atoms with Crippen molar-refractivity contribution >= 4 is 33.7 Å². The summed E-state index contributed by atoms with van der Waals surface area (Å²) in [7, 11) is 0. The van der Waals surface area contributed by atoms with Crippen LogP contribution in [0.25, 0.3) is 44.8 Å². The molecule has 5 heteroatoms. The van der Waals surface area contributed by atoms with E-state index in [2.05, 4.69) is 108 Å². The lowest BCUT2D eigenvalue weighted by atomic mass is 9.84. The number of hydrogen-bond donors (Lipinski definition) is 0. The van der Waals surface area contributed by atoms with Gasteiger partial charge in [0.15, 0.2) is 0 Å². The highest BCUT2D eigenvalue weighted by Gasteiger charge is 2.26. The molecule has 5 aromatic rings. The summed E-state index contributed by atoms with van der Waals surface area (Å²) in [5.41, 5.74) is 12.5. The molecule has 0 radical (unpaired) electrons. The first-order valence-corrected chi connectivity index (χ1v) is 14.6. The Morgan fingerprint density at radius 1 is 0.692 bits per heavy atom. The van der Waals surface area contributed by atoms with Crippen LogP contribution in [0.4, 0.5) is 0 Å². The average molecular weight is 541 g/mol. The molecule has 4 nitrogen and oxygen atoms in total. The van der Waals surface area contributed by atoms with Crippen LogP contribution >= 0.6 is 11.6 Å². The minimum Gasteiger partial charge on any atom is -0.324 e. The van der Waals surface area contributed by atoms with E-state index in [1.165, 1.54) is 27.8 Å². The van der Waals surface area contributed by atoms with Crippen LogP contribution in [0.2, 0.25) is 5.02 Å². The standard InChI is InChI=1S/C34H41ClN4/c1-10-16-38-27-14-12-20(3)22(5)30(27)36-32(38)25-18-24(34(7,8)9)19-26(29(25)35)33-37-31-23(6)21(4)13-15-28(31)39(33)17-11-2/h12-15,18-19H,10-11,16-17H2,1-9H3. The molecular formula is C34H41ClN4. The topological polar surface area (TPSA) is 35.6 Å². The van der Waals surface area contributed by atoms with Crippen molar-refractivity contribution in [1.82, 2.24) is 19.1 Å². The first kappa shape index (κ1) is 27.5. The van der Waals surface area contributed by atoms with E-state index >= 15 is 0 Å². The summed E-state index contributed by atoms with van der Waals surface area (Å²) in [6.45, 7) is 21.6. The van der Waals surface area contributed by atoms with Crippen LogP contribution in [-0.2, 0) is 18.5 Å². The number of rotatable bonds is 6. The third-order valence-corrected chi connectivity index (χ3v) is 8.61. The number of aromatic nitrogens is 4. The lowest BCUT2D eigenvalue weighted by molar-refractivity contribution is 0.590. The van der Waals surface area contributed by atoms with E-state index in [0.717, 1.165) is 70.8 Å². The Hall–Kier alpha value is -3.11. The zero-order chi connectivity index (χ0) is 28.2. The van der Waals surface area contributed by atoms with Crippen LogP contribution in [-0.4, -0.2) is 19.1 Å². The Balaban J connectivity index is 1.88. The Morgan fingerprint density at radius 2 is 1.10 bits per heavy atom. The largest absolute Gasteiger partial charge is 0.324 e. The molecule has 0 bridgehead atoms. The Bertz CT molecular complexity index is 1590. The van der Waals surface area contributed by atoms with E-state index < -0.39 is 0 Å². The third-order valence-electron chi connectivity index (χ3n) is 8.20. The second-order valence-electron chi connectivity index (χ2n) is 12.1. The van der Waals surface area contributed by atoms with E-state index in [-0.39, 0.29) is 5.41 Å². The molecular weight excluding hydrogens is 500 g/mol. The lowest BCUT2D eigenvalue weighted by Gasteiger charge is -2.23. The molecule has 2 heterocycles. The number of fused-ring (bicyclic) bond motifs is 2. The van der Waals surface area contributed by atoms with Crippen molar-refractivity contribution in [3.8, 4) is 22.8 Å². The molecule has 0 aliphatic rings. The van der Waals surface area contributed by atoms with Gasteiger partial charge in [-0.05, 0) is 98.0 Å². The van der Waals surface area contributed by atoms with Gasteiger partial charge in [0.2, 0.25) is 0 Å². The molecule has 2 aromatic heterocycles. The molecule has 0 N–H and O–H groups in total. The fourth-order valence-corrected chi connectivity index (χ4v) is 5.82. The molecule has 0 aliphatic carbocycles. The van der Waals surface area contributed by atoms with E-state index in [4.69, 9.17) is 21.6 Å². The summed E-state index contributed by atoms with van der Waals surface area (Å²) in [4.78, 5) is 10.5. The molecule has 204 valence electrons. The van der Waals surface area contributed by atoms with Gasteiger partial charge in [0, 0.05) is 24.2 Å². The van der Waals surface area contributed by atoms with E-state index in [1.54, 1.807) is 0 Å². The monoisotopic (exact) mass is 540 g/mol. The molecule has 0 fully saturated rings. The predicted molar refractivity (Wildman–Crippen MR) is 167 cm³/mol. The van der Waals surface area contributed by atoms with Gasteiger partial charge in [-0.15, -0.1) is 0 Å². The van der Waals surface area contributed by atoms with Crippen LogP contribution in [0.3, 0.4) is 0 Å². The first-order valence-electron chi connectivity index (χ1n) is 14.3. The average Bonchev–Trinajstić information content (AvgIpc) is 3.43. The third kappa shape index (κ3) is 4.57. The van der Waals surface area contributed by atoms with Crippen LogP contribution in [0.15, 0.2) is 36.4 Å². The maximum Gasteiger partial charge on any atom is 0.142 e. The maximum absolute atomic E-state index is 7.43. The predicted octanol–water partition coefficient (Wildman–Crippen LogP) is 9.72. The maximum atomic E-state index is 7.43. The summed E-state index contributed by atoms with van der Waals surface area (Å²) < 4.78 is 4.70. The van der Waals surface area contributed by atoms with Crippen LogP contribution in [0.5, 0.6) is 0 Å². The molecule has 5 rings (SSSR count). The van der Waals surface area contributed by atoms with Gasteiger partial charge in [0.1, 0.15) is 11.6 Å². The Morgan fingerprint density at radius 3 is 1.46 bits per heavy atom. The Labute approximate surface area is 238 Å². The highest BCUT2D eigenvalue weighted by atomic mass is 35.5. The number of halogens is 1. The minimum absolute atomic E-state index is 0.0731. The van der Waals surface area contributed by atoms with Crippen molar-refractivity contribution in [3.05, 3.63) is 69.2 Å². The molecule has 0 aliphatic heterocycles. The summed E-state index contributed by atoms with van der Waals surface area (Å²) in [6, 6.07) is 13.3. The number of benzene rings is 3. The molecule has 0 saturated heterocycles. The van der Waals surface area contributed by atoms with Gasteiger partial charge in [-0.25, -0.2) is 9.97 Å². The smallest absolute Gasteiger partial charge is 0.142 e. The van der Waals surface area contributed by atoms with Crippen molar-refractivity contribution in [2.24, 2.45) is 0 Å². The zero-order valence-electron chi connectivity index (χ0n) is 25.0. The van der Waals surface area contributed by atoms with Crippen molar-refractivity contribution in [3.63, 3.8) is 0 Å². The van der Waals surface area contributed by atoms with Gasteiger partial charge < -0.3 is 9.13 Å². The SMILES string of the molecule is CCCn1c(-c2cc(C(C)(C)C)cc(-c3nc4c(C)c(C)ccc4n3CCC)c2Cl)nc2c(C)c(C)ccc21. The number of hydrogen-bond acceptors (Lipinski definition) is 2. The highest BCUT2D eigenvalue weighted by molar-refractivity contribution is 6.36. The molecule has 39 heavy (non-hydrogen) atoms. The highest BCUT2D eigenvalue weighted by Crippen LogP contribution is 2.42. The number of aryl methyl sites for hydroxylation is 6. The first-order chi connectivity index (χ1) is 18.5. The van der Waals surface area contributed by atoms with Crippen LogP contribution in [0, 0.1) is 27.7 Å². The van der Waals surface area contributed by atoms with Gasteiger partial charge in [-0.3, -0.25) is 0 Å². The fraction of sp³-hybridized carbons (Fsp3) is 0.412. The van der Waals surface area contributed by atoms with E-state index in [9.17, 15) is 0 Å². The fourth-order valence-electron chi connectivity index (χ4n) is 5.55. The molecule has 0 spiro atoms. The lowest BCUT2D eigenvalue weighted by Crippen LogP contribution is -2.13. The van der Waals surface area contributed by atoms with Gasteiger partial charge in [-0.1, -0.05) is 58.4 Å². The van der Waals surface area contributed by atoms with Gasteiger partial charge in [-0.2, -0.15) is 0 Å². The molecule has 0 atom stereocenters. The summed E-state index contributed by atoms with van der Waals surface area (Å²) in [5.74, 6) is 1.87. The summed E-state index contributed by atoms with van der Waals surface area (Å²) >= 11 is 7.43. The summed E-state index contributed by atoms with van der Waals surface area (Å²) in [6.07, 6.45) is 2.03. The quantitative estimate of drug-likeness (QED) is 0.215. The minimum atomic E-state index is -0.0731. The molecule has 0 amide bonds. The van der Waals surface area contributed by atoms with Crippen molar-refractivity contribution in [2.45, 2.75) is 93.7 Å². The molecule has 0 unspecified atom stereocenters. The summed E-state index contributed by atoms with van der Waals surface area (Å²) in [5, 5.41) is 0.715. The second kappa shape index (κ2) is 10.1. The van der Waals surface area contributed by atoms with E-state index in [1.807, 2.05) is 0 Å². The van der Waals surface area contributed by atoms with Gasteiger partial charge in [0.05, 0.1) is 27.1 Å². The second-order valence-corrected chi connectivity index (χ2v) is 12.4. The normalized spacial score (nSPS) is 12.3. The van der Waals surface area contributed by atoms with Crippen molar-refractivity contribution in [1.29, 1.82) is 0 Å². The molecule has 0 saturated carbocycles. The molecule has 3 aromatic carbocycles. The van der Waals surface area contributed by atoms with Crippen LogP contribution in [0.1, 0.15) is 75.3 Å². The zero-order valence-corrected chi connectivity index (χ0v) is 25.7. The van der Waals surface area contributed by atoms with Gasteiger partial charge >= 0.3 is 0 Å². The number of nitrogens with zero attached hydrogens (tertiary/aromatic N) is 4. The van der Waals surface area contributed by atoms with Gasteiger partial charge in [0.25, 0.3) is 0 Å².